The van der Waals surface area contributed by atoms with E-state index in [2.05, 4.69) is 4.99 Å². The van der Waals surface area contributed by atoms with Gasteiger partial charge in [0.2, 0.25) is 5.75 Å². The van der Waals surface area contributed by atoms with Crippen LogP contribution in [-0.2, 0) is 6.18 Å². The van der Waals surface area contributed by atoms with E-state index in [1.165, 1.54) is 0 Å². The molecule has 6 nitrogen and oxygen atoms in total. The van der Waals surface area contributed by atoms with Crippen molar-refractivity contribution in [3.8, 4) is 17.2 Å². The van der Waals surface area contributed by atoms with Crippen LogP contribution in [0, 0.1) is 20.6 Å². The number of benzene rings is 3. The van der Waals surface area contributed by atoms with Crippen molar-refractivity contribution in [3.05, 3.63) is 85.0 Å². The van der Waals surface area contributed by atoms with Gasteiger partial charge in [0.1, 0.15) is 0 Å². The van der Waals surface area contributed by atoms with Crippen molar-refractivity contribution >= 4 is 40.2 Å². The highest BCUT2D eigenvalue weighted by Gasteiger charge is 2.33. The smallest absolute Gasteiger partial charge is 0.416 e. The lowest BCUT2D eigenvalue weighted by Gasteiger charge is -2.15. The van der Waals surface area contributed by atoms with Gasteiger partial charge in [0, 0.05) is 12.3 Å². The molecule has 0 saturated heterocycles. The Balaban J connectivity index is 2.00. The molecule has 172 valence electrons. The summed E-state index contributed by atoms with van der Waals surface area (Å²) in [7, 11) is 0. The fourth-order valence-corrected chi connectivity index (χ4v) is 3.64. The van der Waals surface area contributed by atoms with Gasteiger partial charge in [-0.15, -0.1) is 0 Å². The molecule has 10 heteroatoms. The summed E-state index contributed by atoms with van der Waals surface area (Å²) in [5, 5.41) is 11.4. The predicted molar refractivity (Wildman–Crippen MR) is 127 cm³/mol. The van der Waals surface area contributed by atoms with Crippen LogP contribution in [0.2, 0.25) is 0 Å². The summed E-state index contributed by atoms with van der Waals surface area (Å²) in [4.78, 5) is 15.0. The van der Waals surface area contributed by atoms with Gasteiger partial charge in [-0.25, -0.2) is 0 Å². The van der Waals surface area contributed by atoms with Crippen LogP contribution in [0.15, 0.2) is 59.6 Å². The van der Waals surface area contributed by atoms with E-state index >= 15 is 0 Å². The number of hydrogen-bond donors (Lipinski definition) is 0. The highest BCUT2D eigenvalue weighted by molar-refractivity contribution is 14.1. The van der Waals surface area contributed by atoms with Crippen molar-refractivity contribution in [2.75, 3.05) is 6.61 Å². The van der Waals surface area contributed by atoms with Crippen LogP contribution in [0.1, 0.15) is 23.6 Å². The van der Waals surface area contributed by atoms with E-state index in [0.717, 1.165) is 23.4 Å². The maximum Gasteiger partial charge on any atom is 0.416 e. The number of aliphatic imine (C=N–C) groups is 1. The Morgan fingerprint density at radius 1 is 1.12 bits per heavy atom. The summed E-state index contributed by atoms with van der Waals surface area (Å²) in [6.45, 7) is 3.97. The highest BCUT2D eigenvalue weighted by atomic mass is 127. The standard InChI is InChI=1S/C23H18F3IN2O4/c1-3-32-21-11-15(13-28-18-7-5-4-6-14(18)2)10-17(27)22(21)33-20-9-8-16(23(24,25)26)12-19(20)29(30)31/h4-13H,3H2,1-2H3. The number of nitro benzene ring substituents is 1. The number of ether oxygens (including phenoxy) is 2. The first-order chi connectivity index (χ1) is 15.6. The van der Waals surface area contributed by atoms with Gasteiger partial charge >= 0.3 is 11.9 Å². The fraction of sp³-hybridized carbons (Fsp3) is 0.174. The van der Waals surface area contributed by atoms with Crippen molar-refractivity contribution in [2.24, 2.45) is 4.99 Å². The zero-order chi connectivity index (χ0) is 24.2. The van der Waals surface area contributed by atoms with E-state index < -0.39 is 22.4 Å². The predicted octanol–water partition coefficient (Wildman–Crippen LogP) is 7.47. The third-order valence-corrected chi connectivity index (χ3v) is 5.30. The Kier molecular flexibility index (Phi) is 7.57. The summed E-state index contributed by atoms with van der Waals surface area (Å²) in [6, 6.07) is 13.1. The highest BCUT2D eigenvalue weighted by Crippen LogP contribution is 2.42. The van der Waals surface area contributed by atoms with Gasteiger partial charge in [0.25, 0.3) is 0 Å². The van der Waals surface area contributed by atoms with Gasteiger partial charge < -0.3 is 9.47 Å². The third kappa shape index (κ3) is 6.01. The Hall–Kier alpha value is -3.15. The summed E-state index contributed by atoms with van der Waals surface area (Å²) >= 11 is 1.97. The summed E-state index contributed by atoms with van der Waals surface area (Å²) in [5.74, 6) is 0.117. The maximum atomic E-state index is 13.0. The SMILES string of the molecule is CCOc1cc(C=Nc2ccccc2C)cc(I)c1Oc1ccc(C(F)(F)F)cc1[N+](=O)[O-]. The first kappa shape index (κ1) is 24.5. The molecule has 0 unspecified atom stereocenters. The van der Waals surface area contributed by atoms with Crippen LogP contribution in [-0.4, -0.2) is 17.7 Å². The van der Waals surface area contributed by atoms with E-state index in [0.29, 0.717) is 15.2 Å². The summed E-state index contributed by atoms with van der Waals surface area (Å²) in [6.07, 6.45) is -3.07. The topological polar surface area (TPSA) is 74.0 Å². The van der Waals surface area contributed by atoms with Crippen LogP contribution in [0.3, 0.4) is 0 Å². The molecule has 0 spiro atoms. The Morgan fingerprint density at radius 3 is 2.48 bits per heavy atom. The quantitative estimate of drug-likeness (QED) is 0.128. The van der Waals surface area contributed by atoms with Gasteiger partial charge in [-0.1, -0.05) is 18.2 Å². The lowest BCUT2D eigenvalue weighted by atomic mass is 10.1. The molecule has 0 aliphatic rings. The van der Waals surface area contributed by atoms with Crippen molar-refractivity contribution in [1.29, 1.82) is 0 Å². The molecule has 0 fully saturated rings. The van der Waals surface area contributed by atoms with E-state index in [1.807, 2.05) is 53.8 Å². The number of rotatable bonds is 7. The van der Waals surface area contributed by atoms with E-state index in [1.54, 1.807) is 25.3 Å². The number of nitrogens with zero attached hydrogens (tertiary/aromatic N) is 2. The minimum Gasteiger partial charge on any atom is -0.490 e. The normalized spacial score (nSPS) is 11.6. The molecule has 0 aliphatic carbocycles. The Bertz CT molecular complexity index is 1210. The summed E-state index contributed by atoms with van der Waals surface area (Å²) < 4.78 is 50.8. The van der Waals surface area contributed by atoms with Crippen LogP contribution >= 0.6 is 22.6 Å². The molecule has 0 saturated carbocycles. The van der Waals surface area contributed by atoms with Crippen molar-refractivity contribution in [3.63, 3.8) is 0 Å². The molecule has 0 radical (unpaired) electrons. The molecule has 0 atom stereocenters. The number of para-hydroxylation sites is 1. The average molecular weight is 570 g/mol. The molecule has 0 amide bonds. The number of nitro groups is 1. The molecule has 0 bridgehead atoms. The second-order valence-corrected chi connectivity index (χ2v) is 8.01. The largest absolute Gasteiger partial charge is 0.490 e. The van der Waals surface area contributed by atoms with Gasteiger partial charge in [0.15, 0.2) is 11.5 Å². The number of alkyl halides is 3. The number of hydrogen-bond acceptors (Lipinski definition) is 5. The molecule has 0 N–H and O–H groups in total. The average Bonchev–Trinajstić information content (AvgIpc) is 2.75. The molecular formula is C23H18F3IN2O4. The third-order valence-electron chi connectivity index (χ3n) is 4.49. The maximum absolute atomic E-state index is 13.0. The Labute approximate surface area is 201 Å². The lowest BCUT2D eigenvalue weighted by molar-refractivity contribution is -0.385. The second kappa shape index (κ2) is 10.2. The molecule has 0 aromatic heterocycles. The van der Waals surface area contributed by atoms with Gasteiger partial charge in [-0.2, -0.15) is 13.2 Å². The Morgan fingerprint density at radius 2 is 1.85 bits per heavy atom. The van der Waals surface area contributed by atoms with Crippen LogP contribution < -0.4 is 9.47 Å². The first-order valence-corrected chi connectivity index (χ1v) is 10.8. The van der Waals surface area contributed by atoms with Crippen molar-refractivity contribution in [1.82, 2.24) is 0 Å². The molecule has 3 rings (SSSR count). The molecule has 3 aromatic carbocycles. The number of aryl methyl sites for hydroxylation is 1. The second-order valence-electron chi connectivity index (χ2n) is 6.85. The molecule has 0 heterocycles. The fourth-order valence-electron chi connectivity index (χ4n) is 2.91. The van der Waals surface area contributed by atoms with E-state index in [-0.39, 0.29) is 23.9 Å². The van der Waals surface area contributed by atoms with Crippen molar-refractivity contribution in [2.45, 2.75) is 20.0 Å². The van der Waals surface area contributed by atoms with Crippen molar-refractivity contribution < 1.29 is 27.6 Å². The minimum absolute atomic E-state index is 0.161. The van der Waals surface area contributed by atoms with Crippen LogP contribution in [0.5, 0.6) is 17.2 Å². The molecule has 33 heavy (non-hydrogen) atoms. The zero-order valence-corrected chi connectivity index (χ0v) is 19.7. The summed E-state index contributed by atoms with van der Waals surface area (Å²) in [5.41, 5.74) is 0.562. The van der Waals surface area contributed by atoms with Gasteiger partial charge in [0.05, 0.1) is 26.4 Å². The zero-order valence-electron chi connectivity index (χ0n) is 17.5. The molecule has 3 aromatic rings. The molecular weight excluding hydrogens is 552 g/mol. The lowest BCUT2D eigenvalue weighted by Crippen LogP contribution is -2.06. The number of halogens is 4. The minimum atomic E-state index is -4.72. The molecule has 0 aliphatic heterocycles. The van der Waals surface area contributed by atoms with Crippen LogP contribution in [0.25, 0.3) is 0 Å². The van der Waals surface area contributed by atoms with E-state index in [4.69, 9.17) is 9.47 Å². The van der Waals surface area contributed by atoms with Gasteiger partial charge in [-0.05, 0) is 77.9 Å². The van der Waals surface area contributed by atoms with E-state index in [9.17, 15) is 23.3 Å². The van der Waals surface area contributed by atoms with Gasteiger partial charge in [-0.3, -0.25) is 15.1 Å². The van der Waals surface area contributed by atoms with Crippen LogP contribution in [0.4, 0.5) is 24.5 Å². The first-order valence-electron chi connectivity index (χ1n) is 9.69. The monoisotopic (exact) mass is 570 g/mol.